The Bertz CT molecular complexity index is 530. The fourth-order valence-corrected chi connectivity index (χ4v) is 2.29. The van der Waals surface area contributed by atoms with Gasteiger partial charge in [-0.25, -0.2) is 0 Å². The molecule has 18 heavy (non-hydrogen) atoms. The van der Waals surface area contributed by atoms with Crippen molar-refractivity contribution < 1.29 is 19.1 Å². The molecule has 0 aliphatic heterocycles. The maximum absolute atomic E-state index is 12.3. The van der Waals surface area contributed by atoms with Crippen LogP contribution >= 0.6 is 0 Å². The summed E-state index contributed by atoms with van der Waals surface area (Å²) in [6.07, 6.45) is 0. The summed E-state index contributed by atoms with van der Waals surface area (Å²) in [4.78, 5) is 12.3. The maximum Gasteiger partial charge on any atom is 0.243 e. The Morgan fingerprint density at radius 2 is 1.94 bits per heavy atom. The monoisotopic (exact) mass is 250 g/mol. The first-order chi connectivity index (χ1) is 8.22. The lowest BCUT2D eigenvalue weighted by atomic mass is 9.66. The lowest BCUT2D eigenvalue weighted by molar-refractivity contribution is -0.144. The molecule has 1 unspecified atom stereocenters. The average molecular weight is 250 g/mol. The van der Waals surface area contributed by atoms with E-state index in [4.69, 9.17) is 9.15 Å². The van der Waals surface area contributed by atoms with Gasteiger partial charge < -0.3 is 14.3 Å². The van der Waals surface area contributed by atoms with Gasteiger partial charge in [0.15, 0.2) is 11.5 Å². The fraction of sp³-hybridized carbons (Fsp3) is 0.500. The van der Waals surface area contributed by atoms with E-state index in [1.165, 1.54) is 7.11 Å². The molecule has 0 saturated carbocycles. The molecule has 0 fully saturated rings. The number of ether oxygens (including phenoxy) is 1. The van der Waals surface area contributed by atoms with Crippen molar-refractivity contribution in [3.63, 3.8) is 0 Å². The minimum atomic E-state index is -1.76. The molecule has 0 bridgehead atoms. The second kappa shape index (κ2) is 3.72. The Balaban J connectivity index is 2.56. The lowest BCUT2D eigenvalue weighted by Gasteiger charge is -2.41. The number of aryl methyl sites for hydroxylation is 1. The number of Topliss-reactive ketones (excluding diaryl/α,β-unsaturated/α-hetero) is 1. The SMILES string of the molecule is COC1=C(C(C)(C)C)C(=O)C1(O)c1ccc(C)o1. The van der Waals surface area contributed by atoms with E-state index in [1.807, 2.05) is 20.8 Å². The molecule has 0 radical (unpaired) electrons. The largest absolute Gasteiger partial charge is 0.497 e. The zero-order valence-corrected chi connectivity index (χ0v) is 11.3. The molecule has 0 saturated heterocycles. The minimum Gasteiger partial charge on any atom is -0.497 e. The van der Waals surface area contributed by atoms with Crippen LogP contribution in [0.15, 0.2) is 27.9 Å². The molecule has 1 aliphatic rings. The molecule has 0 aromatic carbocycles. The number of carbonyl (C=O) groups excluding carboxylic acids is 1. The predicted octanol–water partition coefficient (Wildman–Crippen LogP) is 2.30. The molecule has 4 nitrogen and oxygen atoms in total. The summed E-state index contributed by atoms with van der Waals surface area (Å²) < 4.78 is 10.6. The second-order valence-corrected chi connectivity index (χ2v) is 5.61. The number of hydrogen-bond donors (Lipinski definition) is 1. The predicted molar refractivity (Wildman–Crippen MR) is 65.8 cm³/mol. The van der Waals surface area contributed by atoms with Crippen molar-refractivity contribution in [3.05, 3.63) is 35.0 Å². The molecular formula is C14H18O4. The molecule has 4 heteroatoms. The van der Waals surface area contributed by atoms with Gasteiger partial charge in [0.2, 0.25) is 11.4 Å². The Labute approximate surface area is 106 Å². The van der Waals surface area contributed by atoms with Crippen LogP contribution in [-0.2, 0) is 15.1 Å². The van der Waals surface area contributed by atoms with Crippen molar-refractivity contribution in [2.24, 2.45) is 5.41 Å². The molecular weight excluding hydrogens is 232 g/mol. The lowest BCUT2D eigenvalue weighted by Crippen LogP contribution is -2.52. The van der Waals surface area contributed by atoms with E-state index < -0.39 is 5.60 Å². The topological polar surface area (TPSA) is 59.7 Å². The van der Waals surface area contributed by atoms with E-state index in [2.05, 4.69) is 0 Å². The van der Waals surface area contributed by atoms with Gasteiger partial charge >= 0.3 is 0 Å². The molecule has 1 aliphatic carbocycles. The highest BCUT2D eigenvalue weighted by Crippen LogP contribution is 2.50. The zero-order chi connectivity index (χ0) is 13.7. The van der Waals surface area contributed by atoms with Crippen LogP contribution in [0.1, 0.15) is 32.3 Å². The zero-order valence-electron chi connectivity index (χ0n) is 11.3. The number of methoxy groups -OCH3 is 1. The van der Waals surface area contributed by atoms with Gasteiger partial charge in [0.1, 0.15) is 5.76 Å². The second-order valence-electron chi connectivity index (χ2n) is 5.61. The molecule has 1 N–H and O–H groups in total. The van der Waals surface area contributed by atoms with E-state index in [1.54, 1.807) is 19.1 Å². The third kappa shape index (κ3) is 1.52. The number of furan rings is 1. The fourth-order valence-electron chi connectivity index (χ4n) is 2.29. The molecule has 98 valence electrons. The summed E-state index contributed by atoms with van der Waals surface area (Å²) in [5.74, 6) is 0.802. The highest BCUT2D eigenvalue weighted by molar-refractivity contribution is 6.12. The highest BCUT2D eigenvalue weighted by Gasteiger charge is 2.60. The maximum atomic E-state index is 12.3. The third-order valence-corrected chi connectivity index (χ3v) is 3.16. The quantitative estimate of drug-likeness (QED) is 0.875. The molecule has 0 spiro atoms. The summed E-state index contributed by atoms with van der Waals surface area (Å²) in [5, 5.41) is 10.5. The number of carbonyl (C=O) groups is 1. The Hall–Kier alpha value is -1.55. The van der Waals surface area contributed by atoms with Crippen LogP contribution in [0.4, 0.5) is 0 Å². The van der Waals surface area contributed by atoms with Crippen molar-refractivity contribution in [2.75, 3.05) is 7.11 Å². The van der Waals surface area contributed by atoms with Gasteiger partial charge in [0, 0.05) is 5.57 Å². The number of rotatable bonds is 2. The van der Waals surface area contributed by atoms with Gasteiger partial charge in [-0.1, -0.05) is 20.8 Å². The molecule has 1 aromatic rings. The van der Waals surface area contributed by atoms with Crippen molar-refractivity contribution in [3.8, 4) is 0 Å². The standard InChI is InChI=1S/C14H18O4/c1-8-6-7-9(18-8)14(16)11(15)10(12(14)17-5)13(2,3)4/h6-7,16H,1-5H3. The average Bonchev–Trinajstić information content (AvgIpc) is 2.68. The van der Waals surface area contributed by atoms with Crippen LogP contribution in [0.2, 0.25) is 0 Å². The van der Waals surface area contributed by atoms with Crippen LogP contribution < -0.4 is 0 Å². The van der Waals surface area contributed by atoms with Crippen LogP contribution in [0.25, 0.3) is 0 Å². The van der Waals surface area contributed by atoms with Gasteiger partial charge in [-0.2, -0.15) is 0 Å². The van der Waals surface area contributed by atoms with Gasteiger partial charge in [-0.3, -0.25) is 4.79 Å². The van der Waals surface area contributed by atoms with E-state index >= 15 is 0 Å². The van der Waals surface area contributed by atoms with Crippen LogP contribution in [-0.4, -0.2) is 18.0 Å². The number of hydrogen-bond acceptors (Lipinski definition) is 4. The summed E-state index contributed by atoms with van der Waals surface area (Å²) in [5.41, 5.74) is -1.61. The number of ketones is 1. The summed E-state index contributed by atoms with van der Waals surface area (Å²) >= 11 is 0. The first-order valence-electron chi connectivity index (χ1n) is 5.86. The van der Waals surface area contributed by atoms with E-state index in [0.29, 0.717) is 11.3 Å². The minimum absolute atomic E-state index is 0.217. The number of aliphatic hydroxyl groups is 1. The Morgan fingerprint density at radius 3 is 2.33 bits per heavy atom. The summed E-state index contributed by atoms with van der Waals surface area (Å²) in [7, 11) is 1.45. The molecule has 1 atom stereocenters. The summed E-state index contributed by atoms with van der Waals surface area (Å²) in [6.45, 7) is 7.49. The van der Waals surface area contributed by atoms with Gasteiger partial charge in [0.25, 0.3) is 0 Å². The molecule has 1 aromatic heterocycles. The van der Waals surface area contributed by atoms with Gasteiger partial charge in [-0.15, -0.1) is 0 Å². The van der Waals surface area contributed by atoms with Crippen molar-refractivity contribution in [1.29, 1.82) is 0 Å². The van der Waals surface area contributed by atoms with E-state index in [0.717, 1.165) is 0 Å². The first kappa shape index (κ1) is 12.9. The van der Waals surface area contributed by atoms with Crippen molar-refractivity contribution in [2.45, 2.75) is 33.3 Å². The Morgan fingerprint density at radius 1 is 1.33 bits per heavy atom. The van der Waals surface area contributed by atoms with Crippen molar-refractivity contribution >= 4 is 5.78 Å². The van der Waals surface area contributed by atoms with Crippen LogP contribution in [0, 0.1) is 12.3 Å². The molecule has 0 amide bonds. The smallest absolute Gasteiger partial charge is 0.243 e. The van der Waals surface area contributed by atoms with Crippen molar-refractivity contribution in [1.82, 2.24) is 0 Å². The van der Waals surface area contributed by atoms with E-state index in [9.17, 15) is 9.90 Å². The Kier molecular flexibility index (Phi) is 2.66. The van der Waals surface area contributed by atoms with Gasteiger partial charge in [0.05, 0.1) is 7.11 Å². The van der Waals surface area contributed by atoms with E-state index in [-0.39, 0.29) is 22.7 Å². The van der Waals surface area contributed by atoms with Crippen LogP contribution in [0.3, 0.4) is 0 Å². The van der Waals surface area contributed by atoms with Gasteiger partial charge in [-0.05, 0) is 24.5 Å². The normalized spacial score (nSPS) is 24.2. The van der Waals surface area contributed by atoms with Crippen LogP contribution in [0.5, 0.6) is 0 Å². The first-order valence-corrected chi connectivity index (χ1v) is 5.86. The molecule has 2 rings (SSSR count). The third-order valence-electron chi connectivity index (χ3n) is 3.16. The molecule has 1 heterocycles. The highest BCUT2D eigenvalue weighted by atomic mass is 16.5. The summed E-state index contributed by atoms with van der Waals surface area (Å²) in [6, 6.07) is 3.31.